The summed E-state index contributed by atoms with van der Waals surface area (Å²) in [6, 6.07) is 0. The number of nitrogens with one attached hydrogen (secondary N) is 1. The Hall–Kier alpha value is -3.12. The van der Waals surface area contributed by atoms with Gasteiger partial charge >= 0.3 is 11.9 Å². The average molecular weight is 478 g/mol. The van der Waals surface area contributed by atoms with E-state index in [4.69, 9.17) is 14.2 Å². The first-order valence-corrected chi connectivity index (χ1v) is 11.6. The summed E-state index contributed by atoms with van der Waals surface area (Å²) in [4.78, 5) is 49.4. The highest BCUT2D eigenvalue weighted by Gasteiger charge is 2.50. The van der Waals surface area contributed by atoms with Gasteiger partial charge in [0.05, 0.1) is 12.9 Å². The summed E-state index contributed by atoms with van der Waals surface area (Å²) in [6.45, 7) is 5.12. The molecule has 1 amide bonds. The number of carbonyl (C=O) groups is 3. The number of carbonyl (C=O) groups excluding carboxylic acids is 3. The Balaban J connectivity index is 1.97. The summed E-state index contributed by atoms with van der Waals surface area (Å²) in [5, 5.41) is 12.6. The van der Waals surface area contributed by atoms with Crippen LogP contribution in [0, 0.1) is 0 Å². The lowest BCUT2D eigenvalue weighted by Gasteiger charge is -2.24. The minimum atomic E-state index is -1.04. The number of aromatic nitrogens is 4. The SMILES string of the molecule is CCCC(=O)Nc1ncnc2c1ncn2[C@@H]1O[C@H](CO)[C@@H](OC(=O)CCC)[C@H]1OC(=O)CCC. The summed E-state index contributed by atoms with van der Waals surface area (Å²) in [7, 11) is 0. The second-order valence-electron chi connectivity index (χ2n) is 8.00. The van der Waals surface area contributed by atoms with E-state index in [1.165, 1.54) is 17.2 Å². The molecule has 1 fully saturated rings. The molecule has 2 N–H and O–H groups in total. The van der Waals surface area contributed by atoms with Crippen LogP contribution in [0.15, 0.2) is 12.7 Å². The summed E-state index contributed by atoms with van der Waals surface area (Å²) in [5.41, 5.74) is 0.640. The van der Waals surface area contributed by atoms with Gasteiger partial charge in [0.15, 0.2) is 35.4 Å². The molecule has 12 nitrogen and oxygen atoms in total. The van der Waals surface area contributed by atoms with Gasteiger partial charge in [-0.1, -0.05) is 20.8 Å². The normalized spacial score (nSPS) is 22.0. The molecule has 0 aromatic carbocycles. The quantitative estimate of drug-likeness (QED) is 0.458. The van der Waals surface area contributed by atoms with Crippen molar-refractivity contribution in [2.45, 2.75) is 83.8 Å². The molecule has 0 saturated carbocycles. The van der Waals surface area contributed by atoms with E-state index in [-0.39, 0.29) is 24.6 Å². The van der Waals surface area contributed by atoms with Crippen molar-refractivity contribution in [3.63, 3.8) is 0 Å². The second kappa shape index (κ2) is 11.8. The smallest absolute Gasteiger partial charge is 0.306 e. The number of amides is 1. The number of fused-ring (bicyclic) bond motifs is 1. The zero-order valence-corrected chi connectivity index (χ0v) is 19.6. The Morgan fingerprint density at radius 2 is 1.65 bits per heavy atom. The minimum absolute atomic E-state index is 0.170. The zero-order valence-electron chi connectivity index (χ0n) is 19.6. The van der Waals surface area contributed by atoms with Gasteiger partial charge in [-0.25, -0.2) is 15.0 Å². The van der Waals surface area contributed by atoms with E-state index in [1.54, 1.807) is 0 Å². The number of aliphatic hydroxyl groups is 1. The van der Waals surface area contributed by atoms with Crippen molar-refractivity contribution in [3.05, 3.63) is 12.7 Å². The number of anilines is 1. The maximum atomic E-state index is 12.4. The van der Waals surface area contributed by atoms with E-state index in [9.17, 15) is 19.5 Å². The van der Waals surface area contributed by atoms with Crippen LogP contribution in [-0.4, -0.2) is 67.4 Å². The fourth-order valence-corrected chi connectivity index (χ4v) is 3.73. The first-order chi connectivity index (χ1) is 16.4. The van der Waals surface area contributed by atoms with Crippen molar-refractivity contribution in [2.75, 3.05) is 11.9 Å². The number of hydrogen-bond donors (Lipinski definition) is 2. The molecule has 1 aliphatic rings. The highest BCUT2D eigenvalue weighted by atomic mass is 16.6. The van der Waals surface area contributed by atoms with Gasteiger partial charge < -0.3 is 24.6 Å². The van der Waals surface area contributed by atoms with Gasteiger partial charge in [0.2, 0.25) is 5.91 Å². The lowest BCUT2D eigenvalue weighted by atomic mass is 10.1. The minimum Gasteiger partial charge on any atom is -0.455 e. The fraction of sp³-hybridized carbons (Fsp3) is 0.636. The molecule has 3 heterocycles. The van der Waals surface area contributed by atoms with E-state index in [0.29, 0.717) is 36.8 Å². The molecule has 12 heteroatoms. The number of ether oxygens (including phenoxy) is 3. The monoisotopic (exact) mass is 477 g/mol. The van der Waals surface area contributed by atoms with Crippen LogP contribution in [0.25, 0.3) is 11.2 Å². The maximum absolute atomic E-state index is 12.4. The number of esters is 2. The second-order valence-corrected chi connectivity index (χ2v) is 8.00. The molecule has 0 unspecified atom stereocenters. The number of rotatable bonds is 11. The molecule has 0 bridgehead atoms. The summed E-state index contributed by atoms with van der Waals surface area (Å²) < 4.78 is 18.7. The zero-order chi connectivity index (χ0) is 24.7. The Kier molecular flexibility index (Phi) is 8.88. The molecular weight excluding hydrogens is 446 g/mol. The Labute approximate surface area is 197 Å². The van der Waals surface area contributed by atoms with Crippen molar-refractivity contribution < 1.29 is 33.7 Å². The lowest BCUT2D eigenvalue weighted by molar-refractivity contribution is -0.168. The number of nitrogens with zero attached hydrogens (tertiary/aromatic N) is 4. The Morgan fingerprint density at radius 1 is 1.00 bits per heavy atom. The highest BCUT2D eigenvalue weighted by Crippen LogP contribution is 2.36. The van der Waals surface area contributed by atoms with Gasteiger partial charge in [0, 0.05) is 19.3 Å². The van der Waals surface area contributed by atoms with Gasteiger partial charge in [-0.15, -0.1) is 0 Å². The molecule has 2 aromatic rings. The van der Waals surface area contributed by atoms with E-state index in [2.05, 4.69) is 20.3 Å². The van der Waals surface area contributed by atoms with Gasteiger partial charge in [-0.2, -0.15) is 0 Å². The van der Waals surface area contributed by atoms with Crippen LogP contribution in [0.5, 0.6) is 0 Å². The third kappa shape index (κ3) is 5.68. The van der Waals surface area contributed by atoms with Crippen LogP contribution < -0.4 is 5.32 Å². The first-order valence-electron chi connectivity index (χ1n) is 11.6. The van der Waals surface area contributed by atoms with Crippen molar-refractivity contribution in [2.24, 2.45) is 0 Å². The molecule has 2 aromatic heterocycles. The maximum Gasteiger partial charge on any atom is 0.306 e. The molecule has 4 atom stereocenters. The molecular formula is C22H31N5O7. The molecule has 186 valence electrons. The first kappa shape index (κ1) is 25.5. The molecule has 34 heavy (non-hydrogen) atoms. The Bertz CT molecular complexity index is 1010. The predicted octanol–water partition coefficient (Wildman–Crippen LogP) is 1.88. The van der Waals surface area contributed by atoms with Crippen LogP contribution in [0.3, 0.4) is 0 Å². The molecule has 3 rings (SSSR count). The van der Waals surface area contributed by atoms with Gasteiger partial charge in [0.25, 0.3) is 0 Å². The molecule has 0 radical (unpaired) electrons. The van der Waals surface area contributed by atoms with Crippen molar-refractivity contribution in [1.29, 1.82) is 0 Å². The number of aliphatic hydroxyl groups excluding tert-OH is 1. The molecule has 0 aliphatic carbocycles. The van der Waals surface area contributed by atoms with E-state index >= 15 is 0 Å². The van der Waals surface area contributed by atoms with Gasteiger partial charge in [0.1, 0.15) is 12.4 Å². The van der Waals surface area contributed by atoms with Crippen LogP contribution in [0.4, 0.5) is 5.82 Å². The molecule has 1 aliphatic heterocycles. The number of hydrogen-bond acceptors (Lipinski definition) is 10. The van der Waals surface area contributed by atoms with Gasteiger partial charge in [-0.3, -0.25) is 19.0 Å². The average Bonchev–Trinajstić information content (AvgIpc) is 3.36. The van der Waals surface area contributed by atoms with E-state index < -0.39 is 43.1 Å². The van der Waals surface area contributed by atoms with Gasteiger partial charge in [-0.05, 0) is 19.3 Å². The van der Waals surface area contributed by atoms with Crippen LogP contribution in [-0.2, 0) is 28.6 Å². The third-order valence-electron chi connectivity index (χ3n) is 5.28. The lowest BCUT2D eigenvalue weighted by Crippen LogP contribution is -2.40. The summed E-state index contributed by atoms with van der Waals surface area (Å²) >= 11 is 0. The van der Waals surface area contributed by atoms with E-state index in [0.717, 1.165) is 0 Å². The predicted molar refractivity (Wildman–Crippen MR) is 119 cm³/mol. The Morgan fingerprint density at radius 3 is 2.26 bits per heavy atom. The summed E-state index contributed by atoms with van der Waals surface area (Å²) in [5.74, 6) is -0.929. The molecule has 1 saturated heterocycles. The third-order valence-corrected chi connectivity index (χ3v) is 5.28. The summed E-state index contributed by atoms with van der Waals surface area (Å²) in [6.07, 6.45) is 1.25. The van der Waals surface area contributed by atoms with E-state index in [1.807, 2.05) is 20.8 Å². The highest BCUT2D eigenvalue weighted by molar-refractivity contribution is 5.96. The van der Waals surface area contributed by atoms with Crippen LogP contribution in [0.2, 0.25) is 0 Å². The topological polar surface area (TPSA) is 155 Å². The standard InChI is InChI=1S/C22H31N5O7/c1-4-7-14(29)26-20-17-21(24-11-23-20)27(12-25-17)22-19(34-16(31)9-6-3)18(13(10-28)32-22)33-15(30)8-5-2/h11-13,18-19,22,28H,4-10H2,1-3H3,(H,23,24,26,29)/t13-,18-,19-,22-/m1/s1. The van der Waals surface area contributed by atoms with Crippen LogP contribution >= 0.6 is 0 Å². The van der Waals surface area contributed by atoms with Crippen molar-refractivity contribution in [3.8, 4) is 0 Å². The number of imidazole rings is 1. The van der Waals surface area contributed by atoms with Crippen LogP contribution in [0.1, 0.15) is 65.5 Å². The molecule has 0 spiro atoms. The van der Waals surface area contributed by atoms with Crippen molar-refractivity contribution >= 4 is 34.8 Å². The van der Waals surface area contributed by atoms with Crippen molar-refractivity contribution in [1.82, 2.24) is 19.5 Å². The largest absolute Gasteiger partial charge is 0.455 e. The fourth-order valence-electron chi connectivity index (χ4n) is 3.73.